The lowest BCUT2D eigenvalue weighted by Gasteiger charge is -2.17. The Bertz CT molecular complexity index is 282. The minimum atomic E-state index is -0.604. The number of aliphatic hydroxyl groups is 1. The SMILES string of the molecule is COC(CC(O)c1ccc(Cl)cc1)OC. The molecule has 0 heterocycles. The lowest BCUT2D eigenvalue weighted by molar-refractivity contribution is -0.123. The van der Waals surface area contributed by atoms with Gasteiger partial charge in [0.15, 0.2) is 6.29 Å². The molecule has 84 valence electrons. The van der Waals surface area contributed by atoms with Crippen molar-refractivity contribution in [2.24, 2.45) is 0 Å². The summed E-state index contributed by atoms with van der Waals surface area (Å²) in [7, 11) is 3.09. The Morgan fingerprint density at radius 1 is 1.20 bits per heavy atom. The van der Waals surface area contributed by atoms with E-state index in [-0.39, 0.29) is 0 Å². The first-order chi connectivity index (χ1) is 7.17. The van der Waals surface area contributed by atoms with Crippen molar-refractivity contribution < 1.29 is 14.6 Å². The summed E-state index contributed by atoms with van der Waals surface area (Å²) in [5.74, 6) is 0. The van der Waals surface area contributed by atoms with Gasteiger partial charge in [0, 0.05) is 25.7 Å². The number of aliphatic hydroxyl groups excluding tert-OH is 1. The van der Waals surface area contributed by atoms with Crippen LogP contribution in [0.1, 0.15) is 18.1 Å². The van der Waals surface area contributed by atoms with Crippen LogP contribution in [0.4, 0.5) is 0 Å². The van der Waals surface area contributed by atoms with Crippen LogP contribution in [0.2, 0.25) is 5.02 Å². The van der Waals surface area contributed by atoms with E-state index in [9.17, 15) is 5.11 Å². The smallest absolute Gasteiger partial charge is 0.159 e. The fourth-order valence-electron chi connectivity index (χ4n) is 1.29. The number of benzene rings is 1. The summed E-state index contributed by atoms with van der Waals surface area (Å²) in [6.45, 7) is 0. The number of methoxy groups -OCH3 is 2. The molecule has 1 rings (SSSR count). The van der Waals surface area contributed by atoms with Crippen LogP contribution in [0.25, 0.3) is 0 Å². The highest BCUT2D eigenvalue weighted by molar-refractivity contribution is 6.30. The van der Waals surface area contributed by atoms with Gasteiger partial charge in [-0.3, -0.25) is 0 Å². The number of halogens is 1. The maximum atomic E-state index is 9.84. The molecule has 0 spiro atoms. The Morgan fingerprint density at radius 2 is 1.73 bits per heavy atom. The van der Waals surface area contributed by atoms with Crippen LogP contribution in [0.5, 0.6) is 0 Å². The molecule has 0 saturated carbocycles. The van der Waals surface area contributed by atoms with E-state index in [1.54, 1.807) is 38.5 Å². The molecule has 1 aromatic carbocycles. The van der Waals surface area contributed by atoms with Gasteiger partial charge in [-0.1, -0.05) is 23.7 Å². The third-order valence-electron chi connectivity index (χ3n) is 2.20. The van der Waals surface area contributed by atoms with Crippen LogP contribution in [-0.4, -0.2) is 25.6 Å². The highest BCUT2D eigenvalue weighted by atomic mass is 35.5. The van der Waals surface area contributed by atoms with Gasteiger partial charge in [-0.25, -0.2) is 0 Å². The van der Waals surface area contributed by atoms with Gasteiger partial charge in [-0.15, -0.1) is 0 Å². The van der Waals surface area contributed by atoms with Crippen LogP contribution in [-0.2, 0) is 9.47 Å². The Labute approximate surface area is 94.6 Å². The minimum Gasteiger partial charge on any atom is -0.388 e. The van der Waals surface area contributed by atoms with E-state index in [1.165, 1.54) is 0 Å². The average Bonchev–Trinajstić information content (AvgIpc) is 2.26. The third kappa shape index (κ3) is 3.80. The second kappa shape index (κ2) is 6.08. The Hall–Kier alpha value is -0.610. The zero-order valence-electron chi connectivity index (χ0n) is 8.81. The van der Waals surface area contributed by atoms with E-state index in [1.807, 2.05) is 0 Å². The van der Waals surface area contributed by atoms with E-state index in [0.29, 0.717) is 11.4 Å². The van der Waals surface area contributed by atoms with E-state index in [2.05, 4.69) is 0 Å². The summed E-state index contributed by atoms with van der Waals surface area (Å²) in [4.78, 5) is 0. The van der Waals surface area contributed by atoms with Crippen molar-refractivity contribution >= 4 is 11.6 Å². The largest absolute Gasteiger partial charge is 0.388 e. The molecule has 0 aliphatic heterocycles. The number of hydrogen-bond donors (Lipinski definition) is 1. The summed E-state index contributed by atoms with van der Waals surface area (Å²) in [5, 5.41) is 10.5. The molecule has 15 heavy (non-hydrogen) atoms. The van der Waals surface area contributed by atoms with Crippen LogP contribution < -0.4 is 0 Å². The molecule has 0 aromatic heterocycles. The standard InChI is InChI=1S/C11H15ClO3/c1-14-11(15-2)7-10(13)8-3-5-9(12)6-4-8/h3-6,10-11,13H,7H2,1-2H3. The van der Waals surface area contributed by atoms with Gasteiger partial charge < -0.3 is 14.6 Å². The van der Waals surface area contributed by atoms with Gasteiger partial charge in [0.05, 0.1) is 6.10 Å². The highest BCUT2D eigenvalue weighted by Crippen LogP contribution is 2.21. The van der Waals surface area contributed by atoms with Crippen LogP contribution in [0, 0.1) is 0 Å². The molecule has 0 bridgehead atoms. The van der Waals surface area contributed by atoms with Gasteiger partial charge in [0.2, 0.25) is 0 Å². The van der Waals surface area contributed by atoms with Crippen molar-refractivity contribution in [2.75, 3.05) is 14.2 Å². The molecule has 0 amide bonds. The molecule has 1 aromatic rings. The summed E-state index contributed by atoms with van der Waals surface area (Å²) >= 11 is 5.75. The second-order valence-corrected chi connectivity index (χ2v) is 3.64. The predicted molar refractivity (Wildman–Crippen MR) is 58.8 cm³/mol. The normalized spacial score (nSPS) is 13.1. The first-order valence-corrected chi connectivity index (χ1v) is 5.04. The first-order valence-electron chi connectivity index (χ1n) is 4.66. The maximum absolute atomic E-state index is 9.84. The molecule has 0 radical (unpaired) electrons. The maximum Gasteiger partial charge on any atom is 0.159 e. The molecule has 0 aliphatic rings. The summed E-state index contributed by atoms with van der Waals surface area (Å²) < 4.78 is 10.0. The minimum absolute atomic E-state index is 0.393. The van der Waals surface area contributed by atoms with Crippen LogP contribution in [0.3, 0.4) is 0 Å². The van der Waals surface area contributed by atoms with Crippen molar-refractivity contribution in [3.8, 4) is 0 Å². The number of rotatable bonds is 5. The Kier molecular flexibility index (Phi) is 5.05. The van der Waals surface area contributed by atoms with Gasteiger partial charge in [0.25, 0.3) is 0 Å². The summed E-state index contributed by atoms with van der Waals surface area (Å²) in [5.41, 5.74) is 0.804. The van der Waals surface area contributed by atoms with E-state index in [4.69, 9.17) is 21.1 Å². The monoisotopic (exact) mass is 230 g/mol. The van der Waals surface area contributed by atoms with E-state index in [0.717, 1.165) is 5.56 Å². The lowest BCUT2D eigenvalue weighted by atomic mass is 10.1. The predicted octanol–water partition coefficient (Wildman–Crippen LogP) is 2.38. The van der Waals surface area contributed by atoms with Crippen LogP contribution >= 0.6 is 11.6 Å². The third-order valence-corrected chi connectivity index (χ3v) is 2.45. The van der Waals surface area contributed by atoms with Crippen LogP contribution in [0.15, 0.2) is 24.3 Å². The molecular weight excluding hydrogens is 216 g/mol. The van der Waals surface area contributed by atoms with Crippen molar-refractivity contribution in [3.63, 3.8) is 0 Å². The molecule has 3 nitrogen and oxygen atoms in total. The van der Waals surface area contributed by atoms with Crippen molar-refractivity contribution in [1.82, 2.24) is 0 Å². The quantitative estimate of drug-likeness (QED) is 0.790. The zero-order valence-corrected chi connectivity index (χ0v) is 9.57. The van der Waals surface area contributed by atoms with Crippen molar-refractivity contribution in [2.45, 2.75) is 18.8 Å². The van der Waals surface area contributed by atoms with E-state index >= 15 is 0 Å². The van der Waals surface area contributed by atoms with Gasteiger partial charge in [-0.2, -0.15) is 0 Å². The van der Waals surface area contributed by atoms with Gasteiger partial charge in [-0.05, 0) is 17.7 Å². The van der Waals surface area contributed by atoms with Crippen molar-refractivity contribution in [3.05, 3.63) is 34.9 Å². The molecule has 0 saturated heterocycles. The lowest BCUT2D eigenvalue weighted by Crippen LogP contribution is -2.16. The zero-order chi connectivity index (χ0) is 11.3. The molecule has 0 aliphatic carbocycles. The molecular formula is C11H15ClO3. The van der Waals surface area contributed by atoms with Crippen molar-refractivity contribution in [1.29, 1.82) is 0 Å². The first kappa shape index (κ1) is 12.5. The molecule has 1 N–H and O–H groups in total. The Balaban J connectivity index is 2.60. The van der Waals surface area contributed by atoms with Gasteiger partial charge in [0.1, 0.15) is 0 Å². The average molecular weight is 231 g/mol. The van der Waals surface area contributed by atoms with Gasteiger partial charge >= 0.3 is 0 Å². The fraction of sp³-hybridized carbons (Fsp3) is 0.455. The molecule has 1 unspecified atom stereocenters. The number of ether oxygens (including phenoxy) is 2. The fourth-order valence-corrected chi connectivity index (χ4v) is 1.42. The molecule has 1 atom stereocenters. The second-order valence-electron chi connectivity index (χ2n) is 3.20. The Morgan fingerprint density at radius 3 is 2.20 bits per heavy atom. The number of hydrogen-bond acceptors (Lipinski definition) is 3. The summed E-state index contributed by atoms with van der Waals surface area (Å²) in [6, 6.07) is 7.06. The van der Waals surface area contributed by atoms with E-state index < -0.39 is 12.4 Å². The highest BCUT2D eigenvalue weighted by Gasteiger charge is 2.14. The summed E-state index contributed by atoms with van der Waals surface area (Å²) in [6.07, 6.45) is -0.600. The molecule has 4 heteroatoms. The topological polar surface area (TPSA) is 38.7 Å². The molecule has 0 fully saturated rings.